The number of aryl methyl sites for hydroxylation is 1. The smallest absolute Gasteiger partial charge is 0.225 e. The monoisotopic (exact) mass is 311 g/mol. The number of amides is 1. The van der Waals surface area contributed by atoms with Crippen molar-refractivity contribution in [2.24, 2.45) is 23.2 Å². The molecule has 2 bridgehead atoms. The van der Waals surface area contributed by atoms with Crippen LogP contribution in [-0.2, 0) is 4.79 Å². The Hall–Kier alpha value is -1.84. The van der Waals surface area contributed by atoms with Gasteiger partial charge in [-0.1, -0.05) is 19.9 Å². The molecule has 1 N–H and O–H groups in total. The number of aromatic nitrogens is 2. The van der Waals surface area contributed by atoms with Crippen molar-refractivity contribution in [1.82, 2.24) is 9.38 Å². The third kappa shape index (κ3) is 2.35. The van der Waals surface area contributed by atoms with Gasteiger partial charge in [-0.2, -0.15) is 0 Å². The maximum absolute atomic E-state index is 12.6. The van der Waals surface area contributed by atoms with Crippen LogP contribution < -0.4 is 5.32 Å². The molecule has 4 heteroatoms. The zero-order chi connectivity index (χ0) is 16.2. The van der Waals surface area contributed by atoms with Crippen molar-refractivity contribution in [3.8, 4) is 0 Å². The minimum atomic E-state index is 0.134. The van der Waals surface area contributed by atoms with Gasteiger partial charge in [0.1, 0.15) is 11.5 Å². The molecule has 4 nitrogen and oxygen atoms in total. The molecule has 0 aromatic carbocycles. The fourth-order valence-corrected chi connectivity index (χ4v) is 4.87. The maximum atomic E-state index is 12.6. The summed E-state index contributed by atoms with van der Waals surface area (Å²) in [4.78, 5) is 17.0. The number of hydrogen-bond acceptors (Lipinski definition) is 2. The van der Waals surface area contributed by atoms with Crippen molar-refractivity contribution in [2.75, 3.05) is 5.32 Å². The minimum Gasteiger partial charge on any atom is -0.312 e. The zero-order valence-corrected chi connectivity index (χ0v) is 14.2. The molecule has 0 saturated heterocycles. The quantitative estimate of drug-likeness (QED) is 0.929. The lowest BCUT2D eigenvalue weighted by Gasteiger charge is -2.60. The molecular formula is C19H25N3O. The highest BCUT2D eigenvalue weighted by atomic mass is 16.1. The van der Waals surface area contributed by atoms with E-state index in [0.717, 1.165) is 29.0 Å². The van der Waals surface area contributed by atoms with Crippen molar-refractivity contribution in [3.63, 3.8) is 0 Å². The lowest BCUT2D eigenvalue weighted by atomic mass is 9.45. The number of anilines is 1. The van der Waals surface area contributed by atoms with Gasteiger partial charge in [0.15, 0.2) is 0 Å². The number of fused-ring (bicyclic) bond motifs is 3. The predicted molar refractivity (Wildman–Crippen MR) is 91.3 cm³/mol. The summed E-state index contributed by atoms with van der Waals surface area (Å²) in [7, 11) is 0. The zero-order valence-electron chi connectivity index (χ0n) is 14.2. The number of rotatable bonds is 3. The fraction of sp³-hybridized carbons (Fsp3) is 0.579. The van der Waals surface area contributed by atoms with Gasteiger partial charge >= 0.3 is 0 Å². The summed E-state index contributed by atoms with van der Waals surface area (Å²) in [5, 5.41) is 3.09. The van der Waals surface area contributed by atoms with Crippen molar-refractivity contribution in [2.45, 2.75) is 46.5 Å². The standard InChI is InChI=1S/C19H25N3O/c1-12-11-22-16(20-12)5-4-6-17(22)21-18(23)9-13-7-8-14-10-15(13)19(14,2)3/h4-6,11,13-15H,7-10H2,1-3H3,(H,21,23)/t13-,14+,15+/m1/s1. The lowest BCUT2D eigenvalue weighted by molar-refractivity contribution is -0.128. The highest BCUT2D eigenvalue weighted by Crippen LogP contribution is 2.61. The first-order valence-electron chi connectivity index (χ1n) is 8.69. The number of nitrogens with zero attached hydrogens (tertiary/aromatic N) is 2. The van der Waals surface area contributed by atoms with Gasteiger partial charge in [-0.25, -0.2) is 4.98 Å². The summed E-state index contributed by atoms with van der Waals surface area (Å²) in [5.74, 6) is 3.09. The Kier molecular flexibility index (Phi) is 3.26. The van der Waals surface area contributed by atoms with Gasteiger partial charge < -0.3 is 5.32 Å². The first-order valence-corrected chi connectivity index (χ1v) is 8.69. The Morgan fingerprint density at radius 1 is 1.39 bits per heavy atom. The fourth-order valence-electron chi connectivity index (χ4n) is 4.87. The van der Waals surface area contributed by atoms with Crippen LogP contribution >= 0.6 is 0 Å². The molecule has 0 radical (unpaired) electrons. The summed E-state index contributed by atoms with van der Waals surface area (Å²) in [6.07, 6.45) is 6.43. The van der Waals surface area contributed by atoms with Gasteiger partial charge in [-0.3, -0.25) is 9.20 Å². The van der Waals surface area contributed by atoms with E-state index in [-0.39, 0.29) is 5.91 Å². The van der Waals surface area contributed by atoms with E-state index in [1.807, 2.05) is 35.7 Å². The third-order valence-corrected chi connectivity index (χ3v) is 6.33. The van der Waals surface area contributed by atoms with E-state index in [9.17, 15) is 4.79 Å². The Labute approximate surface area is 137 Å². The molecule has 122 valence electrons. The molecule has 2 aromatic heterocycles. The number of nitrogens with one attached hydrogen (secondary N) is 1. The van der Waals surface area contributed by atoms with E-state index in [0.29, 0.717) is 17.8 Å². The van der Waals surface area contributed by atoms with Crippen LogP contribution in [0.15, 0.2) is 24.4 Å². The molecule has 3 atom stereocenters. The van der Waals surface area contributed by atoms with Gasteiger partial charge in [0.25, 0.3) is 0 Å². The summed E-state index contributed by atoms with van der Waals surface area (Å²) in [6.45, 7) is 6.73. The van der Waals surface area contributed by atoms with Crippen LogP contribution in [0.5, 0.6) is 0 Å². The first kappa shape index (κ1) is 14.7. The molecular weight excluding hydrogens is 286 g/mol. The second kappa shape index (κ2) is 5.08. The lowest BCUT2D eigenvalue weighted by Crippen LogP contribution is -2.52. The number of imidazole rings is 1. The number of hydrogen-bond donors (Lipinski definition) is 1. The molecule has 0 unspecified atom stereocenters. The second-order valence-corrected chi connectivity index (χ2v) is 7.97. The van der Waals surface area contributed by atoms with Crippen molar-refractivity contribution >= 4 is 17.4 Å². The third-order valence-electron chi connectivity index (χ3n) is 6.33. The molecule has 0 spiro atoms. The van der Waals surface area contributed by atoms with Crippen LogP contribution in [0.2, 0.25) is 0 Å². The molecule has 2 heterocycles. The molecule has 3 aliphatic rings. The predicted octanol–water partition coefficient (Wildman–Crippen LogP) is 4.04. The van der Waals surface area contributed by atoms with Gasteiger partial charge in [0, 0.05) is 12.6 Å². The summed E-state index contributed by atoms with van der Waals surface area (Å²) in [6, 6.07) is 5.84. The molecule has 3 aliphatic carbocycles. The number of carbonyl (C=O) groups excluding carboxylic acids is 1. The molecule has 3 fully saturated rings. The Morgan fingerprint density at radius 3 is 2.96 bits per heavy atom. The number of carbonyl (C=O) groups is 1. The normalized spacial score (nSPS) is 28.4. The van der Waals surface area contributed by atoms with Crippen LogP contribution in [0.4, 0.5) is 5.82 Å². The Balaban J connectivity index is 1.47. The van der Waals surface area contributed by atoms with Crippen LogP contribution in [-0.4, -0.2) is 15.3 Å². The van der Waals surface area contributed by atoms with E-state index in [1.165, 1.54) is 19.3 Å². The summed E-state index contributed by atoms with van der Waals surface area (Å²) in [5.41, 5.74) is 2.27. The number of pyridine rings is 1. The van der Waals surface area contributed by atoms with Gasteiger partial charge in [-0.15, -0.1) is 0 Å². The second-order valence-electron chi connectivity index (χ2n) is 7.97. The SMILES string of the molecule is Cc1cn2c(NC(=O)C[C@H]3CC[C@H]4C[C@@H]3C4(C)C)cccc2n1. The Morgan fingerprint density at radius 2 is 2.22 bits per heavy atom. The van der Waals surface area contributed by atoms with Gasteiger partial charge in [0.2, 0.25) is 5.91 Å². The summed E-state index contributed by atoms with van der Waals surface area (Å²) >= 11 is 0. The average molecular weight is 311 g/mol. The Bertz CT molecular complexity index is 759. The van der Waals surface area contributed by atoms with Crippen molar-refractivity contribution < 1.29 is 4.79 Å². The van der Waals surface area contributed by atoms with Crippen molar-refractivity contribution in [3.05, 3.63) is 30.1 Å². The maximum Gasteiger partial charge on any atom is 0.225 e. The van der Waals surface area contributed by atoms with E-state index >= 15 is 0 Å². The highest BCUT2D eigenvalue weighted by molar-refractivity contribution is 5.90. The van der Waals surface area contributed by atoms with E-state index in [4.69, 9.17) is 0 Å². The first-order chi connectivity index (χ1) is 10.9. The van der Waals surface area contributed by atoms with E-state index in [1.54, 1.807) is 0 Å². The topological polar surface area (TPSA) is 46.4 Å². The van der Waals surface area contributed by atoms with Gasteiger partial charge in [0.05, 0.1) is 5.69 Å². The molecule has 0 aliphatic heterocycles. The van der Waals surface area contributed by atoms with Crippen LogP contribution in [0, 0.1) is 30.1 Å². The molecule has 23 heavy (non-hydrogen) atoms. The van der Waals surface area contributed by atoms with Gasteiger partial charge in [-0.05, 0) is 61.5 Å². The van der Waals surface area contributed by atoms with Crippen LogP contribution in [0.1, 0.15) is 45.2 Å². The molecule has 1 amide bonds. The van der Waals surface area contributed by atoms with Crippen LogP contribution in [0.25, 0.3) is 5.65 Å². The highest BCUT2D eigenvalue weighted by Gasteiger charge is 2.54. The largest absolute Gasteiger partial charge is 0.312 e. The van der Waals surface area contributed by atoms with Crippen LogP contribution in [0.3, 0.4) is 0 Å². The minimum absolute atomic E-state index is 0.134. The molecule has 3 saturated carbocycles. The molecule has 2 aromatic rings. The van der Waals surface area contributed by atoms with E-state index < -0.39 is 0 Å². The average Bonchev–Trinajstić information content (AvgIpc) is 2.88. The molecule has 5 rings (SSSR count). The summed E-state index contributed by atoms with van der Waals surface area (Å²) < 4.78 is 1.96. The van der Waals surface area contributed by atoms with Crippen molar-refractivity contribution in [1.29, 1.82) is 0 Å². The van der Waals surface area contributed by atoms with E-state index in [2.05, 4.69) is 24.1 Å².